The van der Waals surface area contributed by atoms with Crippen LogP contribution in [0, 0.1) is 12.8 Å². The van der Waals surface area contributed by atoms with Crippen LogP contribution >= 0.6 is 0 Å². The molecule has 0 saturated carbocycles. The Balaban J connectivity index is 1.86. The van der Waals surface area contributed by atoms with Crippen LogP contribution in [0.3, 0.4) is 0 Å². The molecular formula is C28H36N4O3. The molecule has 1 N–H and O–H groups in total. The van der Waals surface area contributed by atoms with Crippen LogP contribution in [0.2, 0.25) is 0 Å². The second-order valence-electron chi connectivity index (χ2n) is 10.3. The topological polar surface area (TPSA) is 76.5 Å². The van der Waals surface area contributed by atoms with Gasteiger partial charge in [-0.25, -0.2) is 4.68 Å². The van der Waals surface area contributed by atoms with Crippen LogP contribution in [0.1, 0.15) is 56.2 Å². The summed E-state index contributed by atoms with van der Waals surface area (Å²) in [6, 6.07) is 16.8. The first-order valence-corrected chi connectivity index (χ1v) is 11.9. The number of hydrogen-bond donors (Lipinski definition) is 1. The van der Waals surface area contributed by atoms with E-state index >= 15 is 0 Å². The molecule has 0 radical (unpaired) electrons. The number of nitrogens with zero attached hydrogens (tertiary/aromatic N) is 3. The fourth-order valence-electron chi connectivity index (χ4n) is 3.65. The molecule has 2 aromatic carbocycles. The van der Waals surface area contributed by atoms with Crippen molar-refractivity contribution >= 4 is 17.6 Å². The number of aryl methyl sites for hydroxylation is 1. The fraction of sp³-hybridized carbons (Fsp3) is 0.393. The Morgan fingerprint density at radius 1 is 1.06 bits per heavy atom. The Kier molecular flexibility index (Phi) is 7.99. The minimum Gasteiger partial charge on any atom is -0.497 e. The van der Waals surface area contributed by atoms with Gasteiger partial charge < -0.3 is 15.0 Å². The molecule has 1 aromatic heterocycles. The number of carbonyl (C=O) groups excluding carboxylic acids is 2. The molecule has 0 aliphatic heterocycles. The molecule has 0 atom stereocenters. The Bertz CT molecular complexity index is 1160. The maximum atomic E-state index is 13.2. The molecule has 1 heterocycles. The van der Waals surface area contributed by atoms with E-state index in [9.17, 15) is 9.59 Å². The summed E-state index contributed by atoms with van der Waals surface area (Å²) in [4.78, 5) is 28.0. The molecule has 3 rings (SSSR count). The summed E-state index contributed by atoms with van der Waals surface area (Å²) < 4.78 is 6.98. The number of amides is 2. The molecule has 0 bridgehead atoms. The largest absolute Gasteiger partial charge is 0.497 e. The summed E-state index contributed by atoms with van der Waals surface area (Å²) in [5, 5.41) is 7.74. The van der Waals surface area contributed by atoms with E-state index in [0.29, 0.717) is 17.9 Å². The van der Waals surface area contributed by atoms with Crippen LogP contribution in [0.15, 0.2) is 54.6 Å². The maximum absolute atomic E-state index is 13.2. The van der Waals surface area contributed by atoms with E-state index in [1.54, 1.807) is 28.8 Å². The van der Waals surface area contributed by atoms with Gasteiger partial charge in [0, 0.05) is 23.6 Å². The van der Waals surface area contributed by atoms with Crippen LogP contribution in [-0.2, 0) is 10.2 Å². The van der Waals surface area contributed by atoms with Crippen molar-refractivity contribution in [3.63, 3.8) is 0 Å². The molecule has 0 spiro atoms. The Morgan fingerprint density at radius 3 is 2.23 bits per heavy atom. The molecule has 35 heavy (non-hydrogen) atoms. The van der Waals surface area contributed by atoms with Crippen LogP contribution < -0.4 is 10.1 Å². The van der Waals surface area contributed by atoms with Crippen molar-refractivity contribution in [2.24, 2.45) is 5.92 Å². The summed E-state index contributed by atoms with van der Waals surface area (Å²) >= 11 is 0. The van der Waals surface area contributed by atoms with Crippen molar-refractivity contribution in [2.45, 2.75) is 47.0 Å². The van der Waals surface area contributed by atoms with Crippen LogP contribution in [0.5, 0.6) is 5.75 Å². The van der Waals surface area contributed by atoms with Gasteiger partial charge in [-0.2, -0.15) is 5.10 Å². The molecule has 0 aliphatic carbocycles. The number of benzene rings is 2. The van der Waals surface area contributed by atoms with Crippen LogP contribution in [0.25, 0.3) is 5.69 Å². The molecule has 2 amide bonds. The Morgan fingerprint density at radius 2 is 1.69 bits per heavy atom. The standard InChI is InChI=1S/C28H36N4O3/c1-19(2)17-31(27(34)21-10-8-20(3)9-11-21)18-26(33)29-25-16-24(28(4,5)6)30-32(25)22-12-14-23(35-7)15-13-22/h8-16,19H,17-18H2,1-7H3,(H,29,33). The zero-order valence-corrected chi connectivity index (χ0v) is 21.8. The lowest BCUT2D eigenvalue weighted by atomic mass is 9.92. The number of hydrogen-bond acceptors (Lipinski definition) is 4. The van der Waals surface area contributed by atoms with Crippen molar-refractivity contribution < 1.29 is 14.3 Å². The van der Waals surface area contributed by atoms with Gasteiger partial charge >= 0.3 is 0 Å². The highest BCUT2D eigenvalue weighted by molar-refractivity contribution is 5.99. The number of methoxy groups -OCH3 is 1. The van der Waals surface area contributed by atoms with E-state index in [0.717, 1.165) is 22.7 Å². The van der Waals surface area contributed by atoms with Gasteiger partial charge in [-0.15, -0.1) is 0 Å². The first-order chi connectivity index (χ1) is 16.5. The van der Waals surface area contributed by atoms with Gasteiger partial charge in [0.05, 0.1) is 18.5 Å². The number of carbonyl (C=O) groups is 2. The van der Waals surface area contributed by atoms with Crippen molar-refractivity contribution in [1.82, 2.24) is 14.7 Å². The lowest BCUT2D eigenvalue weighted by Gasteiger charge is -2.24. The fourth-order valence-corrected chi connectivity index (χ4v) is 3.65. The SMILES string of the molecule is COc1ccc(-n2nc(C(C)(C)C)cc2NC(=O)CN(CC(C)C)C(=O)c2ccc(C)cc2)cc1. The quantitative estimate of drug-likeness (QED) is 0.483. The summed E-state index contributed by atoms with van der Waals surface area (Å²) in [5.41, 5.74) is 3.09. The Hall–Kier alpha value is -3.61. The molecule has 0 aliphatic rings. The molecule has 186 valence electrons. The third kappa shape index (κ3) is 6.72. The minimum absolute atomic E-state index is 0.0521. The van der Waals surface area contributed by atoms with Crippen molar-refractivity contribution in [2.75, 3.05) is 25.5 Å². The molecular weight excluding hydrogens is 440 g/mol. The first kappa shape index (κ1) is 26.0. The van der Waals surface area contributed by atoms with E-state index in [4.69, 9.17) is 9.84 Å². The molecule has 0 unspecified atom stereocenters. The van der Waals surface area contributed by atoms with Gasteiger partial charge in [-0.05, 0) is 49.2 Å². The lowest BCUT2D eigenvalue weighted by Crippen LogP contribution is -2.40. The normalized spacial score (nSPS) is 11.4. The van der Waals surface area contributed by atoms with Gasteiger partial charge in [0.1, 0.15) is 18.1 Å². The summed E-state index contributed by atoms with van der Waals surface area (Å²) in [5.74, 6) is 1.07. The monoisotopic (exact) mass is 476 g/mol. The average Bonchev–Trinajstić information content (AvgIpc) is 3.22. The van der Waals surface area contributed by atoms with Gasteiger partial charge in [-0.3, -0.25) is 9.59 Å². The van der Waals surface area contributed by atoms with Gasteiger partial charge in [0.25, 0.3) is 5.91 Å². The minimum atomic E-state index is -0.277. The smallest absolute Gasteiger partial charge is 0.254 e. The van der Waals surface area contributed by atoms with E-state index in [1.165, 1.54) is 0 Å². The molecule has 0 saturated heterocycles. The zero-order chi connectivity index (χ0) is 25.8. The van der Waals surface area contributed by atoms with Gasteiger partial charge in [0.2, 0.25) is 5.91 Å². The second-order valence-corrected chi connectivity index (χ2v) is 10.3. The zero-order valence-electron chi connectivity index (χ0n) is 21.8. The van der Waals surface area contributed by atoms with Crippen LogP contribution in [-0.4, -0.2) is 46.7 Å². The summed E-state index contributed by atoms with van der Waals surface area (Å²) in [7, 11) is 1.62. The average molecular weight is 477 g/mol. The van der Waals surface area contributed by atoms with E-state index in [2.05, 4.69) is 26.1 Å². The highest BCUT2D eigenvalue weighted by Gasteiger charge is 2.24. The molecule has 3 aromatic rings. The first-order valence-electron chi connectivity index (χ1n) is 11.9. The van der Waals surface area contributed by atoms with Crippen LogP contribution in [0.4, 0.5) is 5.82 Å². The number of ether oxygens (including phenoxy) is 1. The summed E-state index contributed by atoms with van der Waals surface area (Å²) in [6.45, 7) is 12.7. The number of anilines is 1. The highest BCUT2D eigenvalue weighted by Crippen LogP contribution is 2.27. The van der Waals surface area contributed by atoms with Gasteiger partial charge in [-0.1, -0.05) is 52.3 Å². The molecule has 7 heteroatoms. The van der Waals surface area contributed by atoms with E-state index in [1.807, 2.05) is 63.2 Å². The third-order valence-corrected chi connectivity index (χ3v) is 5.57. The third-order valence-electron chi connectivity index (χ3n) is 5.57. The number of aromatic nitrogens is 2. The maximum Gasteiger partial charge on any atom is 0.254 e. The van der Waals surface area contributed by atoms with E-state index < -0.39 is 0 Å². The molecule has 7 nitrogen and oxygen atoms in total. The summed E-state index contributed by atoms with van der Waals surface area (Å²) in [6.07, 6.45) is 0. The van der Waals surface area contributed by atoms with Gasteiger partial charge in [0.15, 0.2) is 0 Å². The number of nitrogens with one attached hydrogen (secondary N) is 1. The predicted octanol–water partition coefficient (Wildman–Crippen LogP) is 5.22. The highest BCUT2D eigenvalue weighted by atomic mass is 16.5. The lowest BCUT2D eigenvalue weighted by molar-refractivity contribution is -0.117. The second kappa shape index (κ2) is 10.8. The number of rotatable bonds is 8. The Labute approximate surface area is 208 Å². The van der Waals surface area contributed by atoms with Crippen molar-refractivity contribution in [1.29, 1.82) is 0 Å². The molecule has 0 fully saturated rings. The predicted molar refractivity (Wildman–Crippen MR) is 139 cm³/mol. The van der Waals surface area contributed by atoms with E-state index in [-0.39, 0.29) is 29.7 Å². The van der Waals surface area contributed by atoms with Crippen molar-refractivity contribution in [3.8, 4) is 11.4 Å². The van der Waals surface area contributed by atoms with Crippen molar-refractivity contribution in [3.05, 3.63) is 71.4 Å².